The topological polar surface area (TPSA) is 35.5 Å². The third-order valence-electron chi connectivity index (χ3n) is 5.32. The average molecular weight is 402 g/mol. The summed E-state index contributed by atoms with van der Waals surface area (Å²) < 4.78 is 11.7. The molecule has 29 heavy (non-hydrogen) atoms. The van der Waals surface area contributed by atoms with Crippen LogP contribution in [0.15, 0.2) is 90.7 Å². The molecule has 0 saturated heterocycles. The lowest BCUT2D eigenvalue weighted by Crippen LogP contribution is -2.42. The summed E-state index contributed by atoms with van der Waals surface area (Å²) in [7, 11) is 1.98. The highest BCUT2D eigenvalue weighted by Gasteiger charge is 2.48. The van der Waals surface area contributed by atoms with Crippen LogP contribution < -0.4 is 10.6 Å². The standard InChI is InChI=1S/C25H23O3P/c1-27-20-17-19-11-9-10-16-23(19)25(18-20,28-2)24(26)29(21-12-5-3-6-13-21)22-14-7-4-8-15-22/h3-17H,18H2,1-2H3. The summed E-state index contributed by atoms with van der Waals surface area (Å²) in [6, 6.07) is 27.9. The van der Waals surface area contributed by atoms with Gasteiger partial charge in [0.1, 0.15) is 0 Å². The number of carbonyl (C=O) groups excluding carboxylic acids is 1. The Morgan fingerprint density at radius 2 is 1.38 bits per heavy atom. The van der Waals surface area contributed by atoms with Gasteiger partial charge in [-0.25, -0.2) is 0 Å². The molecule has 4 rings (SSSR count). The summed E-state index contributed by atoms with van der Waals surface area (Å²) in [4.78, 5) is 14.3. The molecule has 3 aromatic rings. The second-order valence-corrected chi connectivity index (χ2v) is 9.03. The largest absolute Gasteiger partial charge is 0.501 e. The first kappa shape index (κ1) is 19.6. The summed E-state index contributed by atoms with van der Waals surface area (Å²) >= 11 is 0. The van der Waals surface area contributed by atoms with E-state index in [1.807, 2.05) is 91.0 Å². The predicted octanol–water partition coefficient (Wildman–Crippen LogP) is 4.58. The first-order valence-electron chi connectivity index (χ1n) is 9.53. The molecule has 0 N–H and O–H groups in total. The fourth-order valence-corrected chi connectivity index (χ4v) is 6.23. The van der Waals surface area contributed by atoms with Gasteiger partial charge < -0.3 is 9.47 Å². The highest BCUT2D eigenvalue weighted by molar-refractivity contribution is 7.87. The van der Waals surface area contributed by atoms with Crippen LogP contribution in [0.25, 0.3) is 6.08 Å². The van der Waals surface area contributed by atoms with E-state index in [-0.39, 0.29) is 5.52 Å². The van der Waals surface area contributed by atoms with Gasteiger partial charge in [0.2, 0.25) is 0 Å². The van der Waals surface area contributed by atoms with Crippen LogP contribution in [0.5, 0.6) is 0 Å². The van der Waals surface area contributed by atoms with Gasteiger partial charge in [-0.2, -0.15) is 0 Å². The summed E-state index contributed by atoms with van der Waals surface area (Å²) in [6.45, 7) is 0. The van der Waals surface area contributed by atoms with Crippen molar-refractivity contribution < 1.29 is 14.3 Å². The van der Waals surface area contributed by atoms with Crippen LogP contribution in [0.3, 0.4) is 0 Å². The van der Waals surface area contributed by atoms with E-state index in [0.717, 1.165) is 27.5 Å². The van der Waals surface area contributed by atoms with Gasteiger partial charge in [0.05, 0.1) is 12.9 Å². The van der Waals surface area contributed by atoms with Gasteiger partial charge in [0, 0.05) is 21.5 Å². The van der Waals surface area contributed by atoms with E-state index in [1.54, 1.807) is 14.2 Å². The van der Waals surface area contributed by atoms with E-state index in [2.05, 4.69) is 0 Å². The van der Waals surface area contributed by atoms with E-state index < -0.39 is 13.5 Å². The molecule has 0 spiro atoms. The zero-order valence-electron chi connectivity index (χ0n) is 16.5. The molecule has 0 aromatic heterocycles. The minimum Gasteiger partial charge on any atom is -0.501 e. The van der Waals surface area contributed by atoms with Gasteiger partial charge >= 0.3 is 0 Å². The molecule has 1 aliphatic carbocycles. The molecular formula is C25H23O3P. The Morgan fingerprint density at radius 1 is 0.828 bits per heavy atom. The Bertz CT molecular complexity index is 991. The summed E-state index contributed by atoms with van der Waals surface area (Å²) in [6.07, 6.45) is 2.38. The second kappa shape index (κ2) is 8.32. The van der Waals surface area contributed by atoms with Crippen LogP contribution in [-0.4, -0.2) is 19.7 Å². The van der Waals surface area contributed by atoms with Crippen molar-refractivity contribution in [2.45, 2.75) is 12.0 Å². The van der Waals surface area contributed by atoms with Crippen LogP contribution in [-0.2, 0) is 19.9 Å². The molecule has 0 saturated carbocycles. The first-order valence-corrected chi connectivity index (χ1v) is 10.9. The van der Waals surface area contributed by atoms with Gasteiger partial charge in [-0.05, 0) is 27.8 Å². The molecule has 1 aliphatic rings. The van der Waals surface area contributed by atoms with E-state index in [1.165, 1.54) is 0 Å². The van der Waals surface area contributed by atoms with E-state index in [9.17, 15) is 4.79 Å². The Hall–Kier alpha value is -2.74. The van der Waals surface area contributed by atoms with Crippen LogP contribution in [0.2, 0.25) is 0 Å². The minimum absolute atomic E-state index is 0.0718. The molecule has 146 valence electrons. The van der Waals surface area contributed by atoms with Crippen molar-refractivity contribution in [3.8, 4) is 0 Å². The number of hydrogen-bond acceptors (Lipinski definition) is 3. The van der Waals surface area contributed by atoms with Crippen molar-refractivity contribution in [1.82, 2.24) is 0 Å². The maximum atomic E-state index is 14.3. The van der Waals surface area contributed by atoms with E-state index in [4.69, 9.17) is 9.47 Å². The zero-order chi connectivity index (χ0) is 20.3. The van der Waals surface area contributed by atoms with E-state index >= 15 is 0 Å². The number of fused-ring (bicyclic) bond motifs is 1. The molecular weight excluding hydrogens is 379 g/mol. The zero-order valence-corrected chi connectivity index (χ0v) is 17.4. The molecule has 0 amide bonds. The molecule has 4 heteroatoms. The van der Waals surface area contributed by atoms with Gasteiger partial charge in [-0.15, -0.1) is 0 Å². The highest BCUT2D eigenvalue weighted by Crippen LogP contribution is 2.49. The van der Waals surface area contributed by atoms with Crippen molar-refractivity contribution >= 4 is 30.1 Å². The molecule has 0 radical (unpaired) electrons. The molecule has 0 bridgehead atoms. The SMILES string of the molecule is COC1=Cc2ccccc2C(OC)(C(=O)P(c2ccccc2)c2ccccc2)C1. The van der Waals surface area contributed by atoms with Crippen molar-refractivity contribution in [1.29, 1.82) is 0 Å². The molecule has 1 atom stereocenters. The monoisotopic (exact) mass is 402 g/mol. The molecule has 0 fully saturated rings. The maximum Gasteiger partial charge on any atom is 0.199 e. The third kappa shape index (κ3) is 3.53. The van der Waals surface area contributed by atoms with Gasteiger partial charge in [-0.3, -0.25) is 4.79 Å². The molecule has 0 aliphatic heterocycles. The van der Waals surface area contributed by atoms with E-state index in [0.29, 0.717) is 6.42 Å². The molecule has 3 nitrogen and oxygen atoms in total. The van der Waals surface area contributed by atoms with Crippen LogP contribution in [0, 0.1) is 0 Å². The third-order valence-corrected chi connectivity index (χ3v) is 7.72. The lowest BCUT2D eigenvalue weighted by molar-refractivity contribution is -0.134. The normalized spacial score (nSPS) is 18.1. The lowest BCUT2D eigenvalue weighted by atomic mass is 9.82. The number of hydrogen-bond donors (Lipinski definition) is 0. The summed E-state index contributed by atoms with van der Waals surface area (Å²) in [5, 5.41) is 2.03. The Kier molecular flexibility index (Phi) is 5.62. The smallest absolute Gasteiger partial charge is 0.199 e. The average Bonchev–Trinajstić information content (AvgIpc) is 2.79. The number of rotatable bonds is 6. The molecule has 1 unspecified atom stereocenters. The van der Waals surface area contributed by atoms with Crippen molar-refractivity contribution in [3.63, 3.8) is 0 Å². The van der Waals surface area contributed by atoms with Crippen molar-refractivity contribution in [2.24, 2.45) is 0 Å². The van der Waals surface area contributed by atoms with Gasteiger partial charge in [0.25, 0.3) is 0 Å². The predicted molar refractivity (Wildman–Crippen MR) is 119 cm³/mol. The van der Waals surface area contributed by atoms with Crippen LogP contribution in [0.4, 0.5) is 0 Å². The van der Waals surface area contributed by atoms with Crippen molar-refractivity contribution in [2.75, 3.05) is 14.2 Å². The molecule has 3 aromatic carbocycles. The van der Waals surface area contributed by atoms with Crippen LogP contribution >= 0.6 is 7.92 Å². The maximum absolute atomic E-state index is 14.3. The number of methoxy groups -OCH3 is 2. The summed E-state index contributed by atoms with van der Waals surface area (Å²) in [5.74, 6) is 0.745. The Balaban J connectivity index is 1.90. The summed E-state index contributed by atoms with van der Waals surface area (Å²) in [5.41, 5.74) is 0.839. The fraction of sp³-hybridized carbons (Fsp3) is 0.160. The Morgan fingerprint density at radius 3 is 1.93 bits per heavy atom. The fourth-order valence-electron chi connectivity index (χ4n) is 3.87. The second-order valence-electron chi connectivity index (χ2n) is 6.92. The first-order chi connectivity index (χ1) is 14.2. The quantitative estimate of drug-likeness (QED) is 0.567. The van der Waals surface area contributed by atoms with Crippen LogP contribution in [0.1, 0.15) is 17.5 Å². The number of ether oxygens (including phenoxy) is 2. The molecule has 0 heterocycles. The lowest BCUT2D eigenvalue weighted by Gasteiger charge is -2.38. The number of benzene rings is 3. The van der Waals surface area contributed by atoms with Gasteiger partial charge in [-0.1, -0.05) is 84.9 Å². The number of carbonyl (C=O) groups is 1. The van der Waals surface area contributed by atoms with Gasteiger partial charge in [0.15, 0.2) is 11.1 Å². The van der Waals surface area contributed by atoms with Crippen molar-refractivity contribution in [3.05, 3.63) is 102 Å². The Labute approximate surface area is 172 Å². The minimum atomic E-state index is -1.28. The highest BCUT2D eigenvalue weighted by atomic mass is 31.1.